The van der Waals surface area contributed by atoms with Crippen molar-refractivity contribution >= 4 is 28.8 Å². The van der Waals surface area contributed by atoms with E-state index in [9.17, 15) is 9.59 Å². The Morgan fingerprint density at radius 1 is 1.22 bits per heavy atom. The molecule has 0 saturated carbocycles. The van der Waals surface area contributed by atoms with E-state index in [1.165, 1.54) is 11.3 Å². The lowest BCUT2D eigenvalue weighted by molar-refractivity contribution is 0.0942. The molecule has 4 N–H and O–H groups in total. The number of rotatable bonds is 6. The fourth-order valence-electron chi connectivity index (χ4n) is 1.90. The number of nitrogens with one attached hydrogen (secondary N) is 2. The fraction of sp³-hybridized carbons (Fsp3) is 0.312. The number of aromatic nitrogens is 1. The third-order valence-electron chi connectivity index (χ3n) is 2.97. The van der Waals surface area contributed by atoms with Gasteiger partial charge in [0, 0.05) is 29.1 Å². The molecule has 0 saturated heterocycles. The van der Waals surface area contributed by atoms with Gasteiger partial charge in [-0.05, 0) is 44.7 Å². The summed E-state index contributed by atoms with van der Waals surface area (Å²) < 4.78 is 0. The normalized spacial score (nSPS) is 10.6. The number of anilines is 1. The summed E-state index contributed by atoms with van der Waals surface area (Å²) >= 11 is 1.42. The number of benzene rings is 1. The molecule has 0 bridgehead atoms. The second kappa shape index (κ2) is 7.85. The van der Waals surface area contributed by atoms with Gasteiger partial charge in [-0.25, -0.2) is 4.98 Å². The average Bonchev–Trinajstić information content (AvgIpc) is 2.96. The van der Waals surface area contributed by atoms with Crippen molar-refractivity contribution in [3.05, 3.63) is 45.9 Å². The maximum Gasteiger partial charge on any atom is 0.275 e. The predicted molar refractivity (Wildman–Crippen MR) is 91.9 cm³/mol. The summed E-state index contributed by atoms with van der Waals surface area (Å²) in [5.41, 5.74) is 7.01. The Hall–Kier alpha value is -2.25. The lowest BCUT2D eigenvalue weighted by atomic mass is 10.2. The van der Waals surface area contributed by atoms with Crippen molar-refractivity contribution in [1.82, 2.24) is 10.3 Å². The molecule has 0 spiro atoms. The van der Waals surface area contributed by atoms with Crippen LogP contribution in [-0.2, 0) is 6.42 Å². The summed E-state index contributed by atoms with van der Waals surface area (Å²) in [7, 11) is 0. The van der Waals surface area contributed by atoms with E-state index < -0.39 is 0 Å². The van der Waals surface area contributed by atoms with Crippen molar-refractivity contribution in [3.8, 4) is 0 Å². The molecule has 0 fully saturated rings. The third kappa shape index (κ3) is 4.87. The summed E-state index contributed by atoms with van der Waals surface area (Å²) in [6.07, 6.45) is 0.664. The summed E-state index contributed by atoms with van der Waals surface area (Å²) in [6.45, 7) is 4.31. The van der Waals surface area contributed by atoms with Gasteiger partial charge in [0.1, 0.15) is 5.69 Å². The molecule has 2 amide bonds. The van der Waals surface area contributed by atoms with Crippen LogP contribution in [0.4, 0.5) is 5.69 Å². The van der Waals surface area contributed by atoms with E-state index in [1.807, 2.05) is 13.8 Å². The van der Waals surface area contributed by atoms with Crippen LogP contribution in [0.2, 0.25) is 0 Å². The minimum absolute atomic E-state index is 0.0780. The summed E-state index contributed by atoms with van der Waals surface area (Å²) in [5.74, 6) is -0.410. The molecule has 23 heavy (non-hydrogen) atoms. The van der Waals surface area contributed by atoms with Crippen molar-refractivity contribution in [3.63, 3.8) is 0 Å². The predicted octanol–water partition coefficient (Wildman–Crippen LogP) is 2.03. The van der Waals surface area contributed by atoms with E-state index in [4.69, 9.17) is 5.73 Å². The number of thiazole rings is 1. The van der Waals surface area contributed by atoms with Crippen LogP contribution >= 0.6 is 11.3 Å². The van der Waals surface area contributed by atoms with Gasteiger partial charge < -0.3 is 16.4 Å². The number of nitrogens with zero attached hydrogens (tertiary/aromatic N) is 1. The van der Waals surface area contributed by atoms with Crippen molar-refractivity contribution in [2.75, 3.05) is 11.9 Å². The molecule has 2 rings (SSSR count). The van der Waals surface area contributed by atoms with Gasteiger partial charge in [-0.1, -0.05) is 0 Å². The minimum Gasteiger partial charge on any atom is -0.350 e. The lowest BCUT2D eigenvalue weighted by Gasteiger charge is -2.09. The SMILES string of the molecule is CC(C)NC(=O)c1ccc(NC(=O)c2csc(CCN)n2)cc1. The van der Waals surface area contributed by atoms with Gasteiger partial charge in [0.25, 0.3) is 11.8 Å². The van der Waals surface area contributed by atoms with Crippen molar-refractivity contribution in [1.29, 1.82) is 0 Å². The molecular formula is C16H20N4O2S. The number of hydrogen-bond acceptors (Lipinski definition) is 5. The molecule has 2 aromatic rings. The van der Waals surface area contributed by atoms with Crippen LogP contribution < -0.4 is 16.4 Å². The number of nitrogens with two attached hydrogens (primary N) is 1. The third-order valence-corrected chi connectivity index (χ3v) is 3.88. The van der Waals surface area contributed by atoms with Crippen LogP contribution in [0.15, 0.2) is 29.6 Å². The molecule has 0 aliphatic heterocycles. The van der Waals surface area contributed by atoms with Crippen molar-refractivity contribution in [2.24, 2.45) is 5.73 Å². The number of carbonyl (C=O) groups excluding carboxylic acids is 2. The molecule has 1 aromatic carbocycles. The van der Waals surface area contributed by atoms with Crippen molar-refractivity contribution < 1.29 is 9.59 Å². The summed E-state index contributed by atoms with van der Waals surface area (Å²) in [4.78, 5) is 28.2. The maximum absolute atomic E-state index is 12.1. The molecule has 0 radical (unpaired) electrons. The number of hydrogen-bond donors (Lipinski definition) is 3. The minimum atomic E-state index is -0.274. The van der Waals surface area contributed by atoms with Crippen LogP contribution in [-0.4, -0.2) is 29.4 Å². The molecule has 1 aromatic heterocycles. The standard InChI is InChI=1S/C16H20N4O2S/c1-10(2)18-15(21)11-3-5-12(6-4-11)19-16(22)13-9-23-14(20-13)7-8-17/h3-6,9-10H,7-8,17H2,1-2H3,(H,18,21)(H,19,22). The second-order valence-corrected chi connectivity index (χ2v) is 6.27. The Labute approximate surface area is 139 Å². The van der Waals surface area contributed by atoms with Gasteiger partial charge in [0.2, 0.25) is 0 Å². The van der Waals surface area contributed by atoms with Crippen LogP contribution in [0.1, 0.15) is 39.7 Å². The first-order valence-electron chi connectivity index (χ1n) is 7.36. The fourth-order valence-corrected chi connectivity index (χ4v) is 2.69. The lowest BCUT2D eigenvalue weighted by Crippen LogP contribution is -2.30. The zero-order chi connectivity index (χ0) is 16.8. The van der Waals surface area contributed by atoms with Crippen molar-refractivity contribution in [2.45, 2.75) is 26.3 Å². The molecule has 0 atom stereocenters. The van der Waals surface area contributed by atoms with E-state index >= 15 is 0 Å². The van der Waals surface area contributed by atoms with Crippen LogP contribution in [0.5, 0.6) is 0 Å². The number of amides is 2. The van der Waals surface area contributed by atoms with Gasteiger partial charge in [0.15, 0.2) is 0 Å². The molecule has 0 unspecified atom stereocenters. The Balaban J connectivity index is 1.99. The van der Waals surface area contributed by atoms with E-state index in [2.05, 4.69) is 15.6 Å². The van der Waals surface area contributed by atoms with Crippen LogP contribution in [0.3, 0.4) is 0 Å². The first-order valence-corrected chi connectivity index (χ1v) is 8.24. The van der Waals surface area contributed by atoms with Gasteiger partial charge in [-0.15, -0.1) is 11.3 Å². The van der Waals surface area contributed by atoms with Crippen LogP contribution in [0.25, 0.3) is 0 Å². The second-order valence-electron chi connectivity index (χ2n) is 5.32. The van der Waals surface area contributed by atoms with Gasteiger partial charge in [-0.2, -0.15) is 0 Å². The smallest absolute Gasteiger partial charge is 0.275 e. The summed E-state index contributed by atoms with van der Waals surface area (Å²) in [5, 5.41) is 8.14. The summed E-state index contributed by atoms with van der Waals surface area (Å²) in [6, 6.07) is 6.82. The van der Waals surface area contributed by atoms with E-state index in [0.29, 0.717) is 29.9 Å². The number of carbonyl (C=O) groups is 2. The Kier molecular flexibility index (Phi) is 5.84. The highest BCUT2D eigenvalue weighted by molar-refractivity contribution is 7.09. The zero-order valence-electron chi connectivity index (χ0n) is 13.1. The highest BCUT2D eigenvalue weighted by atomic mass is 32.1. The largest absolute Gasteiger partial charge is 0.350 e. The monoisotopic (exact) mass is 332 g/mol. The van der Waals surface area contributed by atoms with E-state index in [0.717, 1.165) is 5.01 Å². The van der Waals surface area contributed by atoms with E-state index in [-0.39, 0.29) is 17.9 Å². The first-order chi connectivity index (χ1) is 11.0. The average molecular weight is 332 g/mol. The van der Waals surface area contributed by atoms with Crippen LogP contribution in [0, 0.1) is 0 Å². The molecule has 0 aliphatic rings. The topological polar surface area (TPSA) is 97.1 Å². The Morgan fingerprint density at radius 2 is 1.91 bits per heavy atom. The Morgan fingerprint density at radius 3 is 2.52 bits per heavy atom. The zero-order valence-corrected chi connectivity index (χ0v) is 13.9. The molecule has 7 heteroatoms. The molecule has 122 valence electrons. The highest BCUT2D eigenvalue weighted by Crippen LogP contribution is 2.14. The van der Waals surface area contributed by atoms with Gasteiger partial charge in [0.05, 0.1) is 5.01 Å². The quantitative estimate of drug-likeness (QED) is 0.754. The highest BCUT2D eigenvalue weighted by Gasteiger charge is 2.12. The molecule has 1 heterocycles. The first kappa shape index (κ1) is 17.1. The maximum atomic E-state index is 12.1. The Bertz CT molecular complexity index is 680. The van der Waals surface area contributed by atoms with Gasteiger partial charge >= 0.3 is 0 Å². The van der Waals surface area contributed by atoms with E-state index in [1.54, 1.807) is 29.6 Å². The molecule has 6 nitrogen and oxygen atoms in total. The molecule has 0 aliphatic carbocycles. The molecular weight excluding hydrogens is 312 g/mol. The van der Waals surface area contributed by atoms with Gasteiger partial charge in [-0.3, -0.25) is 9.59 Å².